The van der Waals surface area contributed by atoms with Crippen LogP contribution in [0.5, 0.6) is 0 Å². The molecule has 2 nitrogen and oxygen atoms in total. The van der Waals surface area contributed by atoms with Crippen LogP contribution in [0.25, 0.3) is 114 Å². The maximum atomic E-state index is 6.55. The van der Waals surface area contributed by atoms with Gasteiger partial charge in [-0.2, -0.15) is 0 Å². The third-order valence-electron chi connectivity index (χ3n) is 10.8. The second-order valence-corrected chi connectivity index (χ2v) is 14.3. The van der Waals surface area contributed by atoms with Crippen LogP contribution < -0.4 is 0 Å². The normalized spacial score (nSPS) is 12.5. The third kappa shape index (κ3) is 3.35. The molecular weight excluding hydrogens is 615 g/mol. The topological polar surface area (TPSA) is 18.1 Å². The van der Waals surface area contributed by atoms with Gasteiger partial charge >= 0.3 is 0 Å². The lowest BCUT2D eigenvalue weighted by Gasteiger charge is -2.10. The molecule has 0 unspecified atom stereocenters. The molecule has 12 rings (SSSR count). The predicted molar refractivity (Wildman–Crippen MR) is 208 cm³/mol. The first kappa shape index (κ1) is 25.9. The molecule has 8 aromatic carbocycles. The number of furan rings is 1. The van der Waals surface area contributed by atoms with E-state index in [1.165, 1.54) is 75.2 Å². The van der Waals surface area contributed by atoms with Crippen molar-refractivity contribution in [1.29, 1.82) is 0 Å². The fourth-order valence-corrected chi connectivity index (χ4v) is 9.71. The monoisotopic (exact) mass is 639 g/mol. The minimum Gasteiger partial charge on any atom is -0.455 e. The van der Waals surface area contributed by atoms with E-state index < -0.39 is 0 Å². The van der Waals surface area contributed by atoms with Gasteiger partial charge in [0.1, 0.15) is 11.2 Å². The van der Waals surface area contributed by atoms with Gasteiger partial charge in [-0.15, -0.1) is 11.3 Å². The molecule has 3 aromatic heterocycles. The van der Waals surface area contributed by atoms with Crippen molar-refractivity contribution in [2.75, 3.05) is 0 Å². The van der Waals surface area contributed by atoms with Crippen LogP contribution in [0.4, 0.5) is 0 Å². The van der Waals surface area contributed by atoms with Crippen molar-refractivity contribution < 1.29 is 4.42 Å². The molecule has 3 heteroatoms. The predicted octanol–water partition coefficient (Wildman–Crippen LogP) is 13.5. The number of fused-ring (bicyclic) bond motifs is 13. The molecule has 0 atom stereocenters. The molecule has 0 N–H and O–H groups in total. The van der Waals surface area contributed by atoms with Crippen molar-refractivity contribution in [1.82, 2.24) is 4.57 Å². The summed E-state index contributed by atoms with van der Waals surface area (Å²) in [5.74, 6) is 0. The van der Waals surface area contributed by atoms with E-state index in [4.69, 9.17) is 4.42 Å². The molecule has 0 saturated carbocycles. The minimum atomic E-state index is 0.925. The molecule has 0 spiro atoms. The van der Waals surface area contributed by atoms with Crippen molar-refractivity contribution in [3.8, 4) is 39.1 Å². The van der Waals surface area contributed by atoms with E-state index in [0.29, 0.717) is 0 Å². The highest BCUT2D eigenvalue weighted by Crippen LogP contribution is 2.50. The van der Waals surface area contributed by atoms with E-state index in [-0.39, 0.29) is 0 Å². The first-order chi connectivity index (χ1) is 24.3. The van der Waals surface area contributed by atoms with Gasteiger partial charge in [-0.05, 0) is 98.8 Å². The number of aromatic nitrogens is 1. The maximum Gasteiger partial charge on any atom is 0.145 e. The van der Waals surface area contributed by atoms with Gasteiger partial charge < -0.3 is 8.98 Å². The largest absolute Gasteiger partial charge is 0.455 e. The quantitative estimate of drug-likeness (QED) is 0.184. The number of rotatable bonds is 2. The molecule has 49 heavy (non-hydrogen) atoms. The fraction of sp³-hybridized carbons (Fsp3) is 0. The molecule has 0 aliphatic heterocycles. The zero-order valence-electron chi connectivity index (χ0n) is 26.2. The van der Waals surface area contributed by atoms with Gasteiger partial charge in [0.25, 0.3) is 0 Å². The average Bonchev–Trinajstić information content (AvgIpc) is 3.90. The SMILES string of the molecule is c1ccc2c(c1)-c1cccc3c(-c4ccc5sc6ccc(-n7c8ccccc8c8c9oc%10ccccc%10c9ccc87)cc6c5c4)ccc-2c13. The Kier molecular flexibility index (Phi) is 4.89. The molecule has 1 aliphatic rings. The number of benzene rings is 8. The summed E-state index contributed by atoms with van der Waals surface area (Å²) in [6, 6.07) is 55.7. The van der Waals surface area contributed by atoms with E-state index in [9.17, 15) is 0 Å². The molecule has 0 fully saturated rings. The van der Waals surface area contributed by atoms with Crippen LogP contribution in [0, 0.1) is 0 Å². The van der Waals surface area contributed by atoms with Crippen LogP contribution in [-0.4, -0.2) is 4.57 Å². The number of hydrogen-bond donors (Lipinski definition) is 0. The lowest BCUT2D eigenvalue weighted by Crippen LogP contribution is -1.93. The molecule has 0 bridgehead atoms. The van der Waals surface area contributed by atoms with Gasteiger partial charge in [-0.3, -0.25) is 0 Å². The van der Waals surface area contributed by atoms with Crippen LogP contribution in [0.2, 0.25) is 0 Å². The number of nitrogens with zero attached hydrogens (tertiary/aromatic N) is 1. The van der Waals surface area contributed by atoms with Crippen molar-refractivity contribution in [3.63, 3.8) is 0 Å². The Hall–Kier alpha value is -6.16. The van der Waals surface area contributed by atoms with E-state index in [2.05, 4.69) is 150 Å². The summed E-state index contributed by atoms with van der Waals surface area (Å²) in [6.45, 7) is 0. The van der Waals surface area contributed by atoms with Crippen molar-refractivity contribution in [2.45, 2.75) is 0 Å². The average molecular weight is 640 g/mol. The van der Waals surface area contributed by atoms with Crippen LogP contribution in [-0.2, 0) is 0 Å². The molecule has 0 saturated heterocycles. The first-order valence-electron chi connectivity index (χ1n) is 16.8. The molecule has 0 amide bonds. The Morgan fingerprint density at radius 1 is 0.408 bits per heavy atom. The third-order valence-corrected chi connectivity index (χ3v) is 11.9. The van der Waals surface area contributed by atoms with Gasteiger partial charge in [0.15, 0.2) is 0 Å². The Morgan fingerprint density at radius 3 is 2.00 bits per heavy atom. The summed E-state index contributed by atoms with van der Waals surface area (Å²) in [7, 11) is 0. The summed E-state index contributed by atoms with van der Waals surface area (Å²) in [5.41, 5.74) is 13.2. The van der Waals surface area contributed by atoms with Gasteiger partial charge in [0, 0.05) is 42.0 Å². The summed E-state index contributed by atoms with van der Waals surface area (Å²) < 4.78 is 11.6. The molecule has 1 aliphatic carbocycles. The Bertz CT molecular complexity index is 3200. The van der Waals surface area contributed by atoms with Gasteiger partial charge in [0.05, 0.1) is 16.4 Å². The van der Waals surface area contributed by atoms with E-state index in [1.807, 2.05) is 17.4 Å². The van der Waals surface area contributed by atoms with Crippen molar-refractivity contribution in [2.24, 2.45) is 0 Å². The summed E-state index contributed by atoms with van der Waals surface area (Å²) in [5, 5.41) is 9.94. The van der Waals surface area contributed by atoms with Gasteiger partial charge in [0.2, 0.25) is 0 Å². The molecule has 226 valence electrons. The molecule has 11 aromatic rings. The van der Waals surface area contributed by atoms with E-state index in [1.54, 1.807) is 0 Å². The Morgan fingerprint density at radius 2 is 1.10 bits per heavy atom. The highest BCUT2D eigenvalue weighted by Gasteiger charge is 2.23. The van der Waals surface area contributed by atoms with Crippen LogP contribution in [0.15, 0.2) is 156 Å². The molecule has 3 heterocycles. The highest BCUT2D eigenvalue weighted by atomic mass is 32.1. The second kappa shape index (κ2) is 9.25. The van der Waals surface area contributed by atoms with Gasteiger partial charge in [-0.1, -0.05) is 97.1 Å². The fourth-order valence-electron chi connectivity index (χ4n) is 8.65. The molecule has 0 radical (unpaired) electrons. The van der Waals surface area contributed by atoms with Crippen LogP contribution in [0.3, 0.4) is 0 Å². The number of hydrogen-bond acceptors (Lipinski definition) is 2. The lowest BCUT2D eigenvalue weighted by molar-refractivity contribution is 0.673. The minimum absolute atomic E-state index is 0.925. The standard InChI is InChI=1S/C46H25NOS/c1-2-9-30-29(8-1)33-13-7-12-32-28(18-19-34(30)44(32)33)26-16-22-42-37(24-26)38-25-27(17-23-43(38)49-42)47-39-14-5-3-11-36(39)45-40(47)21-20-35-31-10-4-6-15-41(31)48-46(35)45/h1-25H. The van der Waals surface area contributed by atoms with Crippen LogP contribution in [0.1, 0.15) is 0 Å². The zero-order chi connectivity index (χ0) is 31.8. The summed E-state index contributed by atoms with van der Waals surface area (Å²) >= 11 is 1.87. The number of thiophene rings is 1. The van der Waals surface area contributed by atoms with E-state index >= 15 is 0 Å². The first-order valence-corrected chi connectivity index (χ1v) is 17.6. The highest BCUT2D eigenvalue weighted by molar-refractivity contribution is 7.25. The Balaban J connectivity index is 1.08. The second-order valence-electron chi connectivity index (χ2n) is 13.2. The zero-order valence-corrected chi connectivity index (χ0v) is 27.0. The summed E-state index contributed by atoms with van der Waals surface area (Å²) in [4.78, 5) is 0. The van der Waals surface area contributed by atoms with Crippen molar-refractivity contribution >= 4 is 86.0 Å². The number of para-hydroxylation sites is 2. The maximum absolute atomic E-state index is 6.55. The van der Waals surface area contributed by atoms with Crippen LogP contribution >= 0.6 is 11.3 Å². The Labute approximate surface area is 284 Å². The van der Waals surface area contributed by atoms with Gasteiger partial charge in [-0.25, -0.2) is 0 Å². The smallest absolute Gasteiger partial charge is 0.145 e. The summed E-state index contributed by atoms with van der Waals surface area (Å²) in [6.07, 6.45) is 0. The van der Waals surface area contributed by atoms with Crippen molar-refractivity contribution in [3.05, 3.63) is 152 Å². The lowest BCUT2D eigenvalue weighted by atomic mass is 9.93. The van der Waals surface area contributed by atoms with E-state index in [0.717, 1.165) is 38.5 Å². The molecular formula is C46H25NOS.